The van der Waals surface area contributed by atoms with Crippen LogP contribution in [0.4, 0.5) is 5.82 Å². The summed E-state index contributed by atoms with van der Waals surface area (Å²) < 4.78 is 5.83. The molecule has 3 nitrogen and oxygen atoms in total. The van der Waals surface area contributed by atoms with E-state index >= 15 is 0 Å². The Morgan fingerprint density at radius 1 is 1.26 bits per heavy atom. The van der Waals surface area contributed by atoms with Crippen molar-refractivity contribution in [1.82, 2.24) is 4.98 Å². The Morgan fingerprint density at radius 2 is 2.05 bits per heavy atom. The molecule has 0 saturated heterocycles. The van der Waals surface area contributed by atoms with Crippen LogP contribution in [-0.2, 0) is 0 Å². The SMILES string of the molecule is CC(C)Oc1cccnc1NC1CCCCCC1C. The smallest absolute Gasteiger partial charge is 0.168 e. The third kappa shape index (κ3) is 4.12. The number of nitrogens with zero attached hydrogens (tertiary/aromatic N) is 1. The first kappa shape index (κ1) is 14.2. The van der Waals surface area contributed by atoms with E-state index in [0.717, 1.165) is 11.6 Å². The average Bonchev–Trinajstić information content (AvgIpc) is 2.57. The van der Waals surface area contributed by atoms with Crippen molar-refractivity contribution in [2.45, 2.75) is 65.0 Å². The van der Waals surface area contributed by atoms with Gasteiger partial charge >= 0.3 is 0 Å². The largest absolute Gasteiger partial charge is 0.487 e. The van der Waals surface area contributed by atoms with Crippen molar-refractivity contribution >= 4 is 5.82 Å². The number of ether oxygens (including phenoxy) is 1. The van der Waals surface area contributed by atoms with Gasteiger partial charge in [-0.2, -0.15) is 0 Å². The number of hydrogen-bond acceptors (Lipinski definition) is 3. The van der Waals surface area contributed by atoms with Crippen molar-refractivity contribution in [2.24, 2.45) is 5.92 Å². The van der Waals surface area contributed by atoms with Crippen LogP contribution in [-0.4, -0.2) is 17.1 Å². The van der Waals surface area contributed by atoms with E-state index < -0.39 is 0 Å². The second-order valence-corrected chi connectivity index (χ2v) is 5.88. The molecule has 0 aromatic carbocycles. The molecule has 0 bridgehead atoms. The molecule has 1 aromatic rings. The molecule has 2 unspecified atom stereocenters. The normalized spacial score (nSPS) is 24.0. The number of rotatable bonds is 4. The molecule has 3 heteroatoms. The number of pyridine rings is 1. The lowest BCUT2D eigenvalue weighted by atomic mass is 9.97. The quantitative estimate of drug-likeness (QED) is 0.824. The van der Waals surface area contributed by atoms with Crippen molar-refractivity contribution in [1.29, 1.82) is 0 Å². The van der Waals surface area contributed by atoms with Gasteiger partial charge in [0.05, 0.1) is 6.10 Å². The molecule has 19 heavy (non-hydrogen) atoms. The van der Waals surface area contributed by atoms with Crippen LogP contribution < -0.4 is 10.1 Å². The van der Waals surface area contributed by atoms with Crippen LogP contribution in [0.15, 0.2) is 18.3 Å². The van der Waals surface area contributed by atoms with Gasteiger partial charge < -0.3 is 10.1 Å². The molecule has 2 rings (SSSR count). The van der Waals surface area contributed by atoms with E-state index in [2.05, 4.69) is 17.2 Å². The Morgan fingerprint density at radius 3 is 2.84 bits per heavy atom. The van der Waals surface area contributed by atoms with Gasteiger partial charge in [-0.25, -0.2) is 4.98 Å². The maximum absolute atomic E-state index is 5.83. The Bertz CT molecular complexity index is 392. The van der Waals surface area contributed by atoms with E-state index in [1.165, 1.54) is 32.1 Å². The number of aromatic nitrogens is 1. The van der Waals surface area contributed by atoms with Gasteiger partial charge in [0, 0.05) is 12.2 Å². The van der Waals surface area contributed by atoms with Gasteiger partial charge in [0.2, 0.25) is 0 Å². The van der Waals surface area contributed by atoms with Crippen molar-refractivity contribution in [2.75, 3.05) is 5.32 Å². The number of nitrogens with one attached hydrogen (secondary N) is 1. The van der Waals surface area contributed by atoms with Gasteiger partial charge in [-0.15, -0.1) is 0 Å². The summed E-state index contributed by atoms with van der Waals surface area (Å²) >= 11 is 0. The molecule has 0 aliphatic heterocycles. The standard InChI is InChI=1S/C16H26N2O/c1-12(2)19-15-10-7-11-17-16(15)18-14-9-6-4-5-8-13(14)3/h7,10-14H,4-6,8-9H2,1-3H3,(H,17,18). The van der Waals surface area contributed by atoms with Crippen molar-refractivity contribution < 1.29 is 4.74 Å². The second-order valence-electron chi connectivity index (χ2n) is 5.88. The highest BCUT2D eigenvalue weighted by molar-refractivity contribution is 5.50. The number of hydrogen-bond donors (Lipinski definition) is 1. The Kier molecular flexibility index (Phi) is 5.06. The van der Waals surface area contributed by atoms with Gasteiger partial charge in [0.1, 0.15) is 0 Å². The lowest BCUT2D eigenvalue weighted by molar-refractivity contribution is 0.242. The predicted molar refractivity (Wildman–Crippen MR) is 79.7 cm³/mol. The van der Waals surface area contributed by atoms with Gasteiger partial charge in [0.15, 0.2) is 11.6 Å². The molecule has 1 heterocycles. The van der Waals surface area contributed by atoms with Crippen molar-refractivity contribution in [3.8, 4) is 5.75 Å². The van der Waals surface area contributed by atoms with Crippen molar-refractivity contribution in [3.63, 3.8) is 0 Å². The summed E-state index contributed by atoms with van der Waals surface area (Å²) in [5, 5.41) is 3.61. The van der Waals surface area contributed by atoms with E-state index in [0.29, 0.717) is 12.0 Å². The summed E-state index contributed by atoms with van der Waals surface area (Å²) in [6.07, 6.45) is 8.59. The summed E-state index contributed by atoms with van der Waals surface area (Å²) in [7, 11) is 0. The van der Waals surface area contributed by atoms with Gasteiger partial charge in [-0.05, 0) is 44.7 Å². The van der Waals surface area contributed by atoms with Crippen LogP contribution in [0.2, 0.25) is 0 Å². The highest BCUT2D eigenvalue weighted by Gasteiger charge is 2.21. The first-order chi connectivity index (χ1) is 9.16. The molecule has 106 valence electrons. The molecule has 2 atom stereocenters. The second kappa shape index (κ2) is 6.78. The van der Waals surface area contributed by atoms with E-state index in [9.17, 15) is 0 Å². The number of anilines is 1. The molecule has 1 aliphatic carbocycles. The average molecular weight is 262 g/mol. The van der Waals surface area contributed by atoms with Gasteiger partial charge in [-0.1, -0.05) is 26.2 Å². The summed E-state index contributed by atoms with van der Waals surface area (Å²) in [6, 6.07) is 4.45. The lowest BCUT2D eigenvalue weighted by Crippen LogP contribution is -2.27. The van der Waals surface area contributed by atoms with Crippen LogP contribution in [0, 0.1) is 5.92 Å². The third-order valence-electron chi connectivity index (χ3n) is 3.82. The zero-order chi connectivity index (χ0) is 13.7. The fraction of sp³-hybridized carbons (Fsp3) is 0.688. The zero-order valence-electron chi connectivity index (χ0n) is 12.4. The first-order valence-electron chi connectivity index (χ1n) is 7.55. The van der Waals surface area contributed by atoms with E-state index in [1.807, 2.05) is 32.2 Å². The van der Waals surface area contributed by atoms with E-state index in [1.54, 1.807) is 0 Å². The Hall–Kier alpha value is -1.25. The summed E-state index contributed by atoms with van der Waals surface area (Å²) in [4.78, 5) is 4.45. The summed E-state index contributed by atoms with van der Waals surface area (Å²) in [6.45, 7) is 6.44. The minimum Gasteiger partial charge on any atom is -0.487 e. The van der Waals surface area contributed by atoms with Crippen LogP contribution >= 0.6 is 0 Å². The van der Waals surface area contributed by atoms with Gasteiger partial charge in [0.25, 0.3) is 0 Å². The molecule has 0 radical (unpaired) electrons. The molecule has 0 spiro atoms. The molecule has 1 fully saturated rings. The minimum absolute atomic E-state index is 0.177. The molecular weight excluding hydrogens is 236 g/mol. The maximum atomic E-state index is 5.83. The predicted octanol–water partition coefficient (Wildman–Crippen LogP) is 4.25. The molecule has 1 aromatic heterocycles. The zero-order valence-corrected chi connectivity index (χ0v) is 12.4. The Balaban J connectivity index is 2.08. The molecule has 0 amide bonds. The fourth-order valence-electron chi connectivity index (χ4n) is 2.73. The van der Waals surface area contributed by atoms with Crippen LogP contribution in [0.5, 0.6) is 5.75 Å². The molecular formula is C16H26N2O. The summed E-state index contributed by atoms with van der Waals surface area (Å²) in [5.74, 6) is 2.47. The lowest BCUT2D eigenvalue weighted by Gasteiger charge is -2.24. The van der Waals surface area contributed by atoms with Crippen LogP contribution in [0.1, 0.15) is 52.9 Å². The molecule has 1 N–H and O–H groups in total. The minimum atomic E-state index is 0.177. The first-order valence-corrected chi connectivity index (χ1v) is 7.55. The van der Waals surface area contributed by atoms with E-state index in [4.69, 9.17) is 4.74 Å². The highest BCUT2D eigenvalue weighted by atomic mass is 16.5. The maximum Gasteiger partial charge on any atom is 0.168 e. The van der Waals surface area contributed by atoms with Gasteiger partial charge in [-0.3, -0.25) is 0 Å². The summed E-state index contributed by atoms with van der Waals surface area (Å²) in [5.41, 5.74) is 0. The van der Waals surface area contributed by atoms with E-state index in [-0.39, 0.29) is 6.10 Å². The molecule has 1 saturated carbocycles. The third-order valence-corrected chi connectivity index (χ3v) is 3.82. The topological polar surface area (TPSA) is 34.1 Å². The Labute approximate surface area is 116 Å². The highest BCUT2D eigenvalue weighted by Crippen LogP contribution is 2.29. The van der Waals surface area contributed by atoms with Crippen molar-refractivity contribution in [3.05, 3.63) is 18.3 Å². The monoisotopic (exact) mass is 262 g/mol. The van der Waals surface area contributed by atoms with Crippen LogP contribution in [0.25, 0.3) is 0 Å². The van der Waals surface area contributed by atoms with Crippen LogP contribution in [0.3, 0.4) is 0 Å². The molecule has 1 aliphatic rings. The fourth-order valence-corrected chi connectivity index (χ4v) is 2.73.